The summed E-state index contributed by atoms with van der Waals surface area (Å²) in [5.74, 6) is 0.627. The van der Waals surface area contributed by atoms with Gasteiger partial charge in [-0.05, 0) is 49.2 Å². The van der Waals surface area contributed by atoms with Crippen molar-refractivity contribution in [2.75, 3.05) is 53.5 Å². The summed E-state index contributed by atoms with van der Waals surface area (Å²) >= 11 is 0. The number of hydrogen-bond donors (Lipinski definition) is 2. The normalized spacial score (nSPS) is 16.0. The van der Waals surface area contributed by atoms with Crippen molar-refractivity contribution in [1.29, 1.82) is 0 Å². The average molecular weight is 499 g/mol. The first kappa shape index (κ1) is 25.4. The Morgan fingerprint density at radius 3 is 1.94 bits per heavy atom. The Bertz CT molecular complexity index is 1190. The van der Waals surface area contributed by atoms with Crippen LogP contribution in [0.15, 0.2) is 46.2 Å². The van der Waals surface area contributed by atoms with Gasteiger partial charge in [-0.15, -0.1) is 0 Å². The molecule has 2 aromatic rings. The zero-order chi connectivity index (χ0) is 24.2. The first-order chi connectivity index (χ1) is 15.6. The lowest BCUT2D eigenvalue weighted by Gasteiger charge is -2.31. The van der Waals surface area contributed by atoms with Gasteiger partial charge in [0.2, 0.25) is 20.0 Å². The highest BCUT2D eigenvalue weighted by Gasteiger charge is 2.32. The van der Waals surface area contributed by atoms with Crippen LogP contribution >= 0.6 is 0 Å². The molecule has 1 fully saturated rings. The van der Waals surface area contributed by atoms with E-state index in [0.29, 0.717) is 44.2 Å². The number of piperazine rings is 1. The fourth-order valence-corrected chi connectivity index (χ4v) is 6.82. The quantitative estimate of drug-likeness (QED) is 0.511. The second-order valence-corrected chi connectivity index (χ2v) is 11.8. The Labute approximate surface area is 196 Å². The molecule has 1 aliphatic rings. The molecule has 0 aliphatic carbocycles. The highest BCUT2D eigenvalue weighted by atomic mass is 32.2. The standard InChI is InChI=1S/C22H31N3O6S2/c1-17-5-7-19(30-3)21(15-17)32(26,27)23-9-10-24-11-13-25(14-12-24)33(28,29)22-16-18(2)6-8-20(22)31-4/h5-8,15-16,23H,9-14H2,1-4H3/p+1. The first-order valence-electron chi connectivity index (χ1n) is 10.7. The van der Waals surface area contributed by atoms with Crippen molar-refractivity contribution >= 4 is 20.0 Å². The molecule has 2 N–H and O–H groups in total. The van der Waals surface area contributed by atoms with Gasteiger partial charge in [-0.3, -0.25) is 0 Å². The highest BCUT2D eigenvalue weighted by Crippen LogP contribution is 2.28. The molecule has 3 rings (SSSR count). The van der Waals surface area contributed by atoms with E-state index in [9.17, 15) is 16.8 Å². The Hall–Kier alpha value is -2.18. The number of rotatable bonds is 9. The van der Waals surface area contributed by atoms with Crippen LogP contribution in [0.5, 0.6) is 11.5 Å². The number of benzene rings is 2. The van der Waals surface area contributed by atoms with E-state index in [0.717, 1.165) is 16.0 Å². The number of sulfonamides is 2. The molecule has 9 nitrogen and oxygen atoms in total. The van der Waals surface area contributed by atoms with E-state index in [-0.39, 0.29) is 16.3 Å². The summed E-state index contributed by atoms with van der Waals surface area (Å²) < 4.78 is 66.3. The zero-order valence-corrected chi connectivity index (χ0v) is 21.1. The Morgan fingerprint density at radius 2 is 1.39 bits per heavy atom. The monoisotopic (exact) mass is 498 g/mol. The van der Waals surface area contributed by atoms with E-state index in [1.165, 1.54) is 18.5 Å². The van der Waals surface area contributed by atoms with Gasteiger partial charge >= 0.3 is 0 Å². The van der Waals surface area contributed by atoms with Gasteiger partial charge in [0, 0.05) is 0 Å². The molecule has 0 atom stereocenters. The molecule has 1 aliphatic heterocycles. The fraction of sp³-hybridized carbons (Fsp3) is 0.455. The minimum atomic E-state index is -3.72. The third kappa shape index (κ3) is 5.85. The van der Waals surface area contributed by atoms with E-state index in [1.54, 1.807) is 30.3 Å². The first-order valence-corrected chi connectivity index (χ1v) is 13.6. The molecule has 182 valence electrons. The molecule has 2 aromatic carbocycles. The van der Waals surface area contributed by atoms with Crippen LogP contribution < -0.4 is 19.1 Å². The van der Waals surface area contributed by atoms with Gasteiger partial charge in [-0.25, -0.2) is 21.6 Å². The minimum absolute atomic E-state index is 0.114. The molecule has 0 aromatic heterocycles. The van der Waals surface area contributed by atoms with E-state index >= 15 is 0 Å². The van der Waals surface area contributed by atoms with Crippen molar-refractivity contribution in [2.45, 2.75) is 23.6 Å². The molecule has 11 heteroatoms. The minimum Gasteiger partial charge on any atom is -0.495 e. The van der Waals surface area contributed by atoms with Gasteiger partial charge in [0.15, 0.2) is 0 Å². The number of hydrogen-bond acceptors (Lipinski definition) is 6. The van der Waals surface area contributed by atoms with Gasteiger partial charge in [0.1, 0.15) is 21.3 Å². The summed E-state index contributed by atoms with van der Waals surface area (Å²) in [6.45, 7) is 6.34. The summed E-state index contributed by atoms with van der Waals surface area (Å²) in [7, 11) is -4.49. The summed E-state index contributed by atoms with van der Waals surface area (Å²) in [4.78, 5) is 1.42. The third-order valence-corrected chi connectivity index (χ3v) is 9.15. The van der Waals surface area contributed by atoms with Crippen molar-refractivity contribution < 1.29 is 31.2 Å². The van der Waals surface area contributed by atoms with Crippen LogP contribution in [0.2, 0.25) is 0 Å². The number of nitrogens with one attached hydrogen (secondary N) is 2. The smallest absolute Gasteiger partial charge is 0.247 e. The largest absolute Gasteiger partial charge is 0.495 e. The van der Waals surface area contributed by atoms with Gasteiger partial charge in [0.25, 0.3) is 0 Å². The van der Waals surface area contributed by atoms with Crippen molar-refractivity contribution in [3.05, 3.63) is 47.5 Å². The van der Waals surface area contributed by atoms with Crippen LogP contribution in [0.4, 0.5) is 0 Å². The number of methoxy groups -OCH3 is 2. The van der Waals surface area contributed by atoms with E-state index in [1.807, 2.05) is 19.9 Å². The predicted octanol–water partition coefficient (Wildman–Crippen LogP) is 0.188. The van der Waals surface area contributed by atoms with E-state index in [4.69, 9.17) is 9.47 Å². The van der Waals surface area contributed by atoms with Gasteiger partial charge in [-0.2, -0.15) is 4.31 Å². The SMILES string of the molecule is COc1ccc(C)cc1S(=O)(=O)NCC[NH+]1CCN(S(=O)(=O)c2cc(C)ccc2OC)CC1. The zero-order valence-electron chi connectivity index (χ0n) is 19.4. The van der Waals surface area contributed by atoms with E-state index in [2.05, 4.69) is 4.72 Å². The lowest BCUT2D eigenvalue weighted by molar-refractivity contribution is -0.902. The highest BCUT2D eigenvalue weighted by molar-refractivity contribution is 7.89. The average Bonchev–Trinajstić information content (AvgIpc) is 2.79. The molecular formula is C22H32N3O6S2+. The van der Waals surface area contributed by atoms with E-state index < -0.39 is 20.0 Å². The third-order valence-electron chi connectivity index (χ3n) is 5.75. The van der Waals surface area contributed by atoms with Gasteiger partial charge < -0.3 is 14.4 Å². The topological polar surface area (TPSA) is 106 Å². The number of ether oxygens (including phenoxy) is 2. The van der Waals surface area contributed by atoms with Crippen LogP contribution in [0.3, 0.4) is 0 Å². The summed E-state index contributed by atoms with van der Waals surface area (Å²) in [6, 6.07) is 10.1. The molecular weight excluding hydrogens is 466 g/mol. The molecule has 1 saturated heterocycles. The lowest BCUT2D eigenvalue weighted by atomic mass is 10.2. The maximum absolute atomic E-state index is 13.1. The molecule has 0 amide bonds. The van der Waals surface area contributed by atoms with Crippen LogP contribution in [-0.4, -0.2) is 74.6 Å². The van der Waals surface area contributed by atoms with Crippen LogP contribution in [0, 0.1) is 13.8 Å². The Morgan fingerprint density at radius 1 is 0.879 bits per heavy atom. The lowest BCUT2D eigenvalue weighted by Crippen LogP contribution is -3.15. The molecule has 0 unspecified atom stereocenters. The van der Waals surface area contributed by atoms with Gasteiger partial charge in [-0.1, -0.05) is 12.1 Å². The second kappa shape index (κ2) is 10.4. The maximum atomic E-state index is 13.1. The van der Waals surface area contributed by atoms with Crippen LogP contribution in [-0.2, 0) is 20.0 Å². The predicted molar refractivity (Wildman–Crippen MR) is 125 cm³/mol. The Balaban J connectivity index is 1.58. The Kier molecular flexibility index (Phi) is 8.01. The van der Waals surface area contributed by atoms with Crippen molar-refractivity contribution in [2.24, 2.45) is 0 Å². The number of aryl methyl sites for hydroxylation is 2. The molecule has 0 bridgehead atoms. The summed E-state index contributed by atoms with van der Waals surface area (Å²) in [6.07, 6.45) is 0. The number of nitrogens with zero attached hydrogens (tertiary/aromatic N) is 1. The number of quaternary nitrogens is 1. The molecule has 0 spiro atoms. The van der Waals surface area contributed by atoms with Crippen molar-refractivity contribution in [3.63, 3.8) is 0 Å². The van der Waals surface area contributed by atoms with Crippen molar-refractivity contribution in [1.82, 2.24) is 9.03 Å². The van der Waals surface area contributed by atoms with Crippen LogP contribution in [0.25, 0.3) is 0 Å². The summed E-state index contributed by atoms with van der Waals surface area (Å²) in [5.41, 5.74) is 1.67. The molecule has 0 radical (unpaired) electrons. The van der Waals surface area contributed by atoms with Gasteiger partial charge in [0.05, 0.1) is 53.5 Å². The second-order valence-electron chi connectivity index (χ2n) is 8.11. The molecule has 0 saturated carbocycles. The van der Waals surface area contributed by atoms with Crippen molar-refractivity contribution in [3.8, 4) is 11.5 Å². The molecule has 33 heavy (non-hydrogen) atoms. The fourth-order valence-electron chi connectivity index (χ4n) is 3.85. The maximum Gasteiger partial charge on any atom is 0.247 e. The molecule has 1 heterocycles. The van der Waals surface area contributed by atoms with Crippen LogP contribution in [0.1, 0.15) is 11.1 Å². The summed E-state index contributed by atoms with van der Waals surface area (Å²) in [5, 5.41) is 0.